The lowest BCUT2D eigenvalue weighted by atomic mass is 9.78. The van der Waals surface area contributed by atoms with E-state index in [1.54, 1.807) is 47.3 Å². The predicted octanol–water partition coefficient (Wildman–Crippen LogP) is 3.78. The molecule has 2 rings (SSSR count). The third-order valence-corrected chi connectivity index (χ3v) is 8.17. The average Bonchev–Trinajstić information content (AvgIpc) is 2.71. The van der Waals surface area contributed by atoms with Crippen molar-refractivity contribution in [1.29, 1.82) is 0 Å². The van der Waals surface area contributed by atoms with Crippen molar-refractivity contribution in [3.63, 3.8) is 0 Å². The van der Waals surface area contributed by atoms with Gasteiger partial charge in [-0.2, -0.15) is 34.8 Å². The zero-order chi connectivity index (χ0) is 24.4. The molecule has 14 heteroatoms. The number of alkyl halides is 6. The maximum atomic E-state index is 13.8. The number of halogens is 6. The molecule has 0 aromatic heterocycles. The molecule has 1 saturated heterocycles. The lowest BCUT2D eigenvalue weighted by Gasteiger charge is -2.32. The predicted molar refractivity (Wildman–Crippen MR) is 106 cm³/mol. The van der Waals surface area contributed by atoms with Crippen LogP contribution in [0.2, 0.25) is 19.6 Å². The molecule has 1 aromatic rings. The molecule has 0 aliphatic carbocycles. The first-order valence-corrected chi connectivity index (χ1v) is 14.0. The van der Waals surface area contributed by atoms with E-state index in [2.05, 4.69) is 4.18 Å². The molecular formula is C17H23BF6O5SSi. The molecule has 0 radical (unpaired) electrons. The van der Waals surface area contributed by atoms with Crippen molar-refractivity contribution in [2.75, 3.05) is 0 Å². The molecule has 0 atom stereocenters. The van der Waals surface area contributed by atoms with E-state index < -0.39 is 59.5 Å². The van der Waals surface area contributed by atoms with Gasteiger partial charge in [-0.15, -0.1) is 0 Å². The van der Waals surface area contributed by atoms with Crippen LogP contribution in [0.3, 0.4) is 0 Å². The molecule has 0 N–H and O–H groups in total. The summed E-state index contributed by atoms with van der Waals surface area (Å²) in [5.41, 5.74) is -9.41. The van der Waals surface area contributed by atoms with Gasteiger partial charge in [0, 0.05) is 0 Å². The van der Waals surface area contributed by atoms with Crippen LogP contribution in [0.25, 0.3) is 0 Å². The van der Waals surface area contributed by atoms with E-state index in [4.69, 9.17) is 9.31 Å². The average molecular weight is 492 g/mol. The molecule has 176 valence electrons. The van der Waals surface area contributed by atoms with Crippen molar-refractivity contribution in [1.82, 2.24) is 0 Å². The Morgan fingerprint density at radius 2 is 1.39 bits per heavy atom. The van der Waals surface area contributed by atoms with E-state index in [9.17, 15) is 34.8 Å². The number of rotatable bonds is 4. The van der Waals surface area contributed by atoms with Gasteiger partial charge in [0.25, 0.3) is 0 Å². The van der Waals surface area contributed by atoms with Crippen LogP contribution in [0.1, 0.15) is 33.3 Å². The molecule has 1 heterocycles. The molecule has 5 nitrogen and oxygen atoms in total. The van der Waals surface area contributed by atoms with Crippen LogP contribution in [0, 0.1) is 0 Å². The Morgan fingerprint density at radius 1 is 0.935 bits per heavy atom. The summed E-state index contributed by atoms with van der Waals surface area (Å²) in [7, 11) is -10.4. The molecule has 0 bridgehead atoms. The van der Waals surface area contributed by atoms with Gasteiger partial charge in [-0.25, -0.2) is 0 Å². The fourth-order valence-electron chi connectivity index (χ4n) is 2.78. The van der Waals surface area contributed by atoms with Gasteiger partial charge in [0.2, 0.25) is 0 Å². The van der Waals surface area contributed by atoms with E-state index in [0.717, 1.165) is 0 Å². The molecule has 0 unspecified atom stereocenters. The standard InChI is InChI=1S/C17H23BF6O5SSi/c1-14(2)15(3,4)29-18(28-14)10-8-11(16(19,20)21)13(12(9-10)31(5,6)7)27-30(25,26)17(22,23)24/h8-9H,1-7H3. The summed E-state index contributed by atoms with van der Waals surface area (Å²) in [4.78, 5) is 0. The second-order valence-electron chi connectivity index (χ2n) is 9.26. The smallest absolute Gasteiger partial charge is 0.399 e. The molecule has 1 aliphatic rings. The Morgan fingerprint density at radius 3 is 1.74 bits per heavy atom. The first-order chi connectivity index (χ1) is 13.5. The summed E-state index contributed by atoms with van der Waals surface area (Å²) >= 11 is 0. The van der Waals surface area contributed by atoms with Gasteiger partial charge in [-0.05, 0) is 44.4 Å². The van der Waals surface area contributed by atoms with Gasteiger partial charge in [0.1, 0.15) is 0 Å². The van der Waals surface area contributed by atoms with Crippen LogP contribution < -0.4 is 14.8 Å². The first kappa shape index (κ1) is 26.0. The van der Waals surface area contributed by atoms with Crippen LogP contribution in [0.4, 0.5) is 26.3 Å². The Balaban J connectivity index is 2.78. The maximum absolute atomic E-state index is 13.8. The van der Waals surface area contributed by atoms with Gasteiger partial charge in [0.05, 0.1) is 24.8 Å². The molecule has 0 amide bonds. The molecule has 1 aromatic carbocycles. The minimum atomic E-state index is -6.33. The van der Waals surface area contributed by atoms with Crippen LogP contribution >= 0.6 is 0 Å². The maximum Gasteiger partial charge on any atom is 0.534 e. The van der Waals surface area contributed by atoms with E-state index in [1.165, 1.54) is 6.07 Å². The van der Waals surface area contributed by atoms with Crippen molar-refractivity contribution < 1.29 is 48.3 Å². The molecule has 0 spiro atoms. The highest BCUT2D eigenvalue weighted by molar-refractivity contribution is 7.88. The molecule has 0 saturated carbocycles. The summed E-state index contributed by atoms with van der Waals surface area (Å²) in [6, 6.07) is 1.68. The molecule has 1 fully saturated rings. The Labute approximate surface area is 178 Å². The van der Waals surface area contributed by atoms with Crippen molar-refractivity contribution in [3.05, 3.63) is 17.7 Å². The van der Waals surface area contributed by atoms with Crippen molar-refractivity contribution in [3.8, 4) is 5.75 Å². The fraction of sp³-hybridized carbons (Fsp3) is 0.647. The van der Waals surface area contributed by atoms with E-state index in [1.807, 2.05) is 0 Å². The number of benzene rings is 1. The minimum Gasteiger partial charge on any atom is -0.399 e. The van der Waals surface area contributed by atoms with E-state index in [0.29, 0.717) is 6.07 Å². The minimum absolute atomic E-state index is 0.0971. The normalized spacial score (nSPS) is 19.6. The van der Waals surface area contributed by atoms with Crippen LogP contribution in [-0.4, -0.2) is 40.3 Å². The SMILES string of the molecule is CC1(C)OB(c2cc(C(F)(F)F)c(OS(=O)(=O)C(F)(F)F)c([Si](C)(C)C)c2)OC1(C)C. The zero-order valence-corrected chi connectivity index (χ0v) is 19.8. The monoisotopic (exact) mass is 492 g/mol. The highest BCUT2D eigenvalue weighted by atomic mass is 32.2. The molecular weight excluding hydrogens is 469 g/mol. The fourth-order valence-corrected chi connectivity index (χ4v) is 4.81. The van der Waals surface area contributed by atoms with Gasteiger partial charge in [0.15, 0.2) is 5.75 Å². The lowest BCUT2D eigenvalue weighted by Crippen LogP contribution is -2.46. The van der Waals surface area contributed by atoms with E-state index >= 15 is 0 Å². The van der Waals surface area contributed by atoms with Crippen molar-refractivity contribution in [2.45, 2.75) is 70.2 Å². The summed E-state index contributed by atoms with van der Waals surface area (Å²) in [6.45, 7) is 11.4. The largest absolute Gasteiger partial charge is 0.534 e. The van der Waals surface area contributed by atoms with Gasteiger partial charge in [-0.3, -0.25) is 0 Å². The molecule has 1 aliphatic heterocycles. The Bertz CT molecular complexity index is 916. The second-order valence-corrected chi connectivity index (χ2v) is 15.8. The summed E-state index contributed by atoms with van der Waals surface area (Å²) in [5, 5.41) is -0.264. The first-order valence-electron chi connectivity index (χ1n) is 9.12. The highest BCUT2D eigenvalue weighted by Crippen LogP contribution is 2.40. The highest BCUT2D eigenvalue weighted by Gasteiger charge is 2.54. The number of hydrogen-bond donors (Lipinski definition) is 0. The Hall–Kier alpha value is -1.25. The zero-order valence-electron chi connectivity index (χ0n) is 17.9. The van der Waals surface area contributed by atoms with Crippen molar-refractivity contribution >= 4 is 36.0 Å². The lowest BCUT2D eigenvalue weighted by molar-refractivity contribution is -0.138. The third-order valence-electron chi connectivity index (χ3n) is 5.23. The second kappa shape index (κ2) is 7.39. The van der Waals surface area contributed by atoms with Crippen LogP contribution in [-0.2, 0) is 25.6 Å². The summed E-state index contributed by atoms with van der Waals surface area (Å²) < 4.78 is 119. The molecule has 31 heavy (non-hydrogen) atoms. The van der Waals surface area contributed by atoms with E-state index in [-0.39, 0.29) is 10.6 Å². The van der Waals surface area contributed by atoms with Crippen molar-refractivity contribution in [2.24, 2.45) is 0 Å². The van der Waals surface area contributed by atoms with Gasteiger partial charge in [-0.1, -0.05) is 25.7 Å². The summed E-state index contributed by atoms with van der Waals surface area (Å²) in [6.07, 6.45) is -5.20. The van der Waals surface area contributed by atoms with Gasteiger partial charge < -0.3 is 13.5 Å². The van der Waals surface area contributed by atoms with Gasteiger partial charge >= 0.3 is 28.9 Å². The Kier molecular flexibility index (Phi) is 6.20. The van der Waals surface area contributed by atoms with Crippen LogP contribution in [0.15, 0.2) is 12.1 Å². The topological polar surface area (TPSA) is 61.8 Å². The number of hydrogen-bond acceptors (Lipinski definition) is 5. The summed E-state index contributed by atoms with van der Waals surface area (Å²) in [5.74, 6) is -1.37. The van der Waals surface area contributed by atoms with Crippen LogP contribution in [0.5, 0.6) is 5.75 Å². The quantitative estimate of drug-likeness (QED) is 0.277. The third kappa shape index (κ3) is 5.06.